The highest BCUT2D eigenvalue weighted by molar-refractivity contribution is 6.24. The molecule has 1 aliphatic rings. The first kappa shape index (κ1) is 9.11. The minimum atomic E-state index is -0.643. The SMILES string of the molecule is COC1(Cl)C=CC(CCl)=CC1. The van der Waals surface area contributed by atoms with Crippen molar-refractivity contribution in [3.63, 3.8) is 0 Å². The van der Waals surface area contributed by atoms with Crippen molar-refractivity contribution in [2.75, 3.05) is 13.0 Å². The quantitative estimate of drug-likeness (QED) is 0.612. The molecule has 1 unspecified atom stereocenters. The number of allylic oxidation sites excluding steroid dienone is 2. The number of halogens is 2. The summed E-state index contributed by atoms with van der Waals surface area (Å²) < 4.78 is 5.06. The lowest BCUT2D eigenvalue weighted by Gasteiger charge is -2.23. The Hall–Kier alpha value is 0.0200. The monoisotopic (exact) mass is 192 g/mol. The van der Waals surface area contributed by atoms with Gasteiger partial charge in [0.05, 0.1) is 0 Å². The Labute approximate surface area is 76.6 Å². The fourth-order valence-electron chi connectivity index (χ4n) is 0.888. The highest BCUT2D eigenvalue weighted by atomic mass is 35.5. The van der Waals surface area contributed by atoms with Gasteiger partial charge < -0.3 is 4.74 Å². The highest BCUT2D eigenvalue weighted by Gasteiger charge is 2.23. The van der Waals surface area contributed by atoms with Crippen LogP contribution in [-0.2, 0) is 4.74 Å². The van der Waals surface area contributed by atoms with Crippen LogP contribution in [0.2, 0.25) is 0 Å². The molecule has 0 heterocycles. The summed E-state index contributed by atoms with van der Waals surface area (Å²) in [6.45, 7) is 0. The van der Waals surface area contributed by atoms with Gasteiger partial charge in [0, 0.05) is 19.4 Å². The third-order valence-corrected chi connectivity index (χ3v) is 2.43. The van der Waals surface area contributed by atoms with E-state index in [1.165, 1.54) is 0 Å². The second-order valence-electron chi connectivity index (χ2n) is 2.44. The van der Waals surface area contributed by atoms with E-state index in [-0.39, 0.29) is 0 Å². The molecule has 1 nitrogen and oxygen atoms in total. The summed E-state index contributed by atoms with van der Waals surface area (Å²) in [6.07, 6.45) is 6.40. The molecule has 62 valence electrons. The summed E-state index contributed by atoms with van der Waals surface area (Å²) in [7, 11) is 1.59. The van der Waals surface area contributed by atoms with E-state index in [9.17, 15) is 0 Å². The average molecular weight is 193 g/mol. The van der Waals surface area contributed by atoms with Crippen LogP contribution in [0.1, 0.15) is 6.42 Å². The fraction of sp³-hybridized carbons (Fsp3) is 0.500. The van der Waals surface area contributed by atoms with Crippen LogP contribution in [0.15, 0.2) is 23.8 Å². The van der Waals surface area contributed by atoms with E-state index in [2.05, 4.69) is 0 Å². The molecular weight excluding hydrogens is 183 g/mol. The van der Waals surface area contributed by atoms with Crippen molar-refractivity contribution in [2.45, 2.75) is 11.5 Å². The number of ether oxygens (including phenoxy) is 1. The van der Waals surface area contributed by atoms with Gasteiger partial charge in [-0.05, 0) is 11.6 Å². The Morgan fingerprint density at radius 2 is 2.45 bits per heavy atom. The van der Waals surface area contributed by atoms with Crippen LogP contribution in [0.25, 0.3) is 0 Å². The molecule has 0 aliphatic heterocycles. The smallest absolute Gasteiger partial charge is 0.163 e. The predicted octanol–water partition coefficient (Wildman–Crippen LogP) is 2.69. The first-order valence-electron chi connectivity index (χ1n) is 3.38. The maximum absolute atomic E-state index is 5.99. The van der Waals surface area contributed by atoms with Gasteiger partial charge >= 0.3 is 0 Å². The molecule has 0 amide bonds. The number of alkyl halides is 2. The van der Waals surface area contributed by atoms with E-state index in [0.29, 0.717) is 12.3 Å². The van der Waals surface area contributed by atoms with Gasteiger partial charge in [-0.25, -0.2) is 0 Å². The van der Waals surface area contributed by atoms with Gasteiger partial charge in [-0.1, -0.05) is 23.8 Å². The number of hydrogen-bond acceptors (Lipinski definition) is 1. The molecule has 1 rings (SSSR count). The maximum atomic E-state index is 5.99. The van der Waals surface area contributed by atoms with Crippen LogP contribution in [0.5, 0.6) is 0 Å². The van der Waals surface area contributed by atoms with Crippen LogP contribution in [-0.4, -0.2) is 18.1 Å². The zero-order valence-electron chi connectivity index (χ0n) is 6.31. The topological polar surface area (TPSA) is 9.23 Å². The van der Waals surface area contributed by atoms with Gasteiger partial charge in [0.25, 0.3) is 0 Å². The molecule has 0 aromatic heterocycles. The van der Waals surface area contributed by atoms with Crippen molar-refractivity contribution >= 4 is 23.2 Å². The Morgan fingerprint density at radius 1 is 1.73 bits per heavy atom. The molecule has 0 aromatic rings. The van der Waals surface area contributed by atoms with E-state index in [1.54, 1.807) is 7.11 Å². The maximum Gasteiger partial charge on any atom is 0.163 e. The number of rotatable bonds is 2. The molecule has 1 aliphatic carbocycles. The minimum Gasteiger partial charge on any atom is -0.359 e. The van der Waals surface area contributed by atoms with E-state index < -0.39 is 5.06 Å². The molecule has 11 heavy (non-hydrogen) atoms. The minimum absolute atomic E-state index is 0.535. The first-order valence-corrected chi connectivity index (χ1v) is 4.30. The molecule has 0 fully saturated rings. The van der Waals surface area contributed by atoms with Crippen LogP contribution < -0.4 is 0 Å². The van der Waals surface area contributed by atoms with E-state index in [1.807, 2.05) is 18.2 Å². The normalized spacial score (nSPS) is 30.3. The molecule has 0 spiro atoms. The van der Waals surface area contributed by atoms with Gasteiger partial charge in [-0.2, -0.15) is 0 Å². The zero-order valence-corrected chi connectivity index (χ0v) is 7.82. The lowest BCUT2D eigenvalue weighted by Crippen LogP contribution is -2.21. The second kappa shape index (κ2) is 3.61. The van der Waals surface area contributed by atoms with Gasteiger partial charge in [0.2, 0.25) is 0 Å². The third-order valence-electron chi connectivity index (χ3n) is 1.68. The molecule has 0 saturated carbocycles. The summed E-state index contributed by atoms with van der Waals surface area (Å²) in [4.78, 5) is 0. The molecular formula is C8H10Cl2O. The zero-order chi connectivity index (χ0) is 8.32. The summed E-state index contributed by atoms with van der Waals surface area (Å²) in [5.41, 5.74) is 1.10. The summed E-state index contributed by atoms with van der Waals surface area (Å²) in [5.74, 6) is 0.535. The Bertz CT molecular complexity index is 198. The third kappa shape index (κ3) is 2.22. The lowest BCUT2D eigenvalue weighted by molar-refractivity contribution is 0.106. The van der Waals surface area contributed by atoms with Crippen molar-refractivity contribution in [1.29, 1.82) is 0 Å². The molecule has 0 saturated heterocycles. The Kier molecular flexibility index (Phi) is 2.99. The van der Waals surface area contributed by atoms with E-state index >= 15 is 0 Å². The van der Waals surface area contributed by atoms with Crippen molar-refractivity contribution in [3.8, 4) is 0 Å². The van der Waals surface area contributed by atoms with Gasteiger partial charge in [0.1, 0.15) is 0 Å². The molecule has 3 heteroatoms. The van der Waals surface area contributed by atoms with Crippen molar-refractivity contribution < 1.29 is 4.74 Å². The van der Waals surface area contributed by atoms with Crippen LogP contribution in [0.4, 0.5) is 0 Å². The molecule has 0 radical (unpaired) electrons. The lowest BCUT2D eigenvalue weighted by atomic mass is 10.1. The fourth-order valence-corrected chi connectivity index (χ4v) is 1.23. The standard InChI is InChI=1S/C8H10Cl2O/c1-11-8(10)4-2-7(6-9)3-5-8/h2-4H,5-6H2,1H3. The summed E-state index contributed by atoms with van der Waals surface area (Å²) in [5, 5.41) is -0.643. The molecule has 0 bridgehead atoms. The van der Waals surface area contributed by atoms with Crippen molar-refractivity contribution in [1.82, 2.24) is 0 Å². The molecule has 1 atom stereocenters. The molecule has 0 N–H and O–H groups in total. The van der Waals surface area contributed by atoms with Crippen molar-refractivity contribution in [3.05, 3.63) is 23.8 Å². The van der Waals surface area contributed by atoms with E-state index in [4.69, 9.17) is 27.9 Å². The van der Waals surface area contributed by atoms with E-state index in [0.717, 1.165) is 5.57 Å². The predicted molar refractivity (Wildman–Crippen MR) is 48.2 cm³/mol. The largest absolute Gasteiger partial charge is 0.359 e. The van der Waals surface area contributed by atoms with Crippen LogP contribution in [0.3, 0.4) is 0 Å². The van der Waals surface area contributed by atoms with Crippen LogP contribution in [0, 0.1) is 0 Å². The first-order chi connectivity index (χ1) is 5.20. The van der Waals surface area contributed by atoms with Gasteiger partial charge in [0.15, 0.2) is 5.06 Å². The van der Waals surface area contributed by atoms with Gasteiger partial charge in [-0.15, -0.1) is 11.6 Å². The summed E-state index contributed by atoms with van der Waals surface area (Å²) in [6, 6.07) is 0. The average Bonchev–Trinajstić information content (AvgIpc) is 2.06. The highest BCUT2D eigenvalue weighted by Crippen LogP contribution is 2.28. The van der Waals surface area contributed by atoms with Crippen LogP contribution >= 0.6 is 23.2 Å². The molecule has 0 aromatic carbocycles. The number of hydrogen-bond donors (Lipinski definition) is 0. The van der Waals surface area contributed by atoms with Gasteiger partial charge in [-0.3, -0.25) is 0 Å². The van der Waals surface area contributed by atoms with Crippen molar-refractivity contribution in [2.24, 2.45) is 0 Å². The number of methoxy groups -OCH3 is 1. The Morgan fingerprint density at radius 3 is 2.82 bits per heavy atom. The summed E-state index contributed by atoms with van der Waals surface area (Å²) >= 11 is 11.6. The second-order valence-corrected chi connectivity index (χ2v) is 3.35. The Balaban J connectivity index is 2.63.